The third-order valence-electron chi connectivity index (χ3n) is 2.73. The highest BCUT2D eigenvalue weighted by molar-refractivity contribution is 6.01. The maximum absolute atomic E-state index is 11.6. The van der Waals surface area contributed by atoms with Crippen LogP contribution in [-0.4, -0.2) is 27.4 Å². The maximum atomic E-state index is 11.6. The van der Waals surface area contributed by atoms with Crippen molar-refractivity contribution in [2.75, 3.05) is 0 Å². The predicted octanol–water partition coefficient (Wildman–Crippen LogP) is 1.30. The Labute approximate surface area is 104 Å². The van der Waals surface area contributed by atoms with Crippen molar-refractivity contribution in [2.24, 2.45) is 7.05 Å². The first-order valence-electron chi connectivity index (χ1n) is 5.33. The molecule has 0 bridgehead atoms. The first-order chi connectivity index (χ1) is 8.27. The van der Waals surface area contributed by atoms with Crippen LogP contribution in [0.3, 0.4) is 0 Å². The molecule has 0 radical (unpaired) electrons. The molecule has 1 aromatic heterocycles. The van der Waals surface area contributed by atoms with E-state index in [4.69, 9.17) is 9.84 Å². The molecule has 0 atom stereocenters. The molecule has 18 heavy (non-hydrogen) atoms. The van der Waals surface area contributed by atoms with Gasteiger partial charge < -0.3 is 14.4 Å². The Morgan fingerprint density at radius 3 is 2.22 bits per heavy atom. The van der Waals surface area contributed by atoms with Crippen molar-refractivity contribution in [3.8, 4) is 0 Å². The Balaban J connectivity index is 3.38. The number of rotatable bonds is 4. The molecule has 1 heterocycles. The van der Waals surface area contributed by atoms with Gasteiger partial charge in [-0.3, -0.25) is 9.59 Å². The van der Waals surface area contributed by atoms with E-state index < -0.39 is 11.9 Å². The van der Waals surface area contributed by atoms with Crippen LogP contribution in [0, 0.1) is 6.92 Å². The summed E-state index contributed by atoms with van der Waals surface area (Å²) in [6.45, 7) is 4.05. The summed E-state index contributed by atoms with van der Waals surface area (Å²) >= 11 is 0. The Bertz CT molecular complexity index is 527. The summed E-state index contributed by atoms with van der Waals surface area (Å²) in [5.41, 5.74) is 1.12. The minimum atomic E-state index is -1.12. The van der Waals surface area contributed by atoms with Gasteiger partial charge in [0.25, 0.3) is 0 Å². The minimum Gasteiger partial charge on any atom is -0.477 e. The van der Waals surface area contributed by atoms with Gasteiger partial charge in [0.1, 0.15) is 12.3 Å². The summed E-state index contributed by atoms with van der Waals surface area (Å²) in [6, 6.07) is 0. The SMILES string of the molecule is CC(=O)OCc1c(C(C)=O)c(C)c(C(=O)O)n1C. The van der Waals surface area contributed by atoms with Crippen molar-refractivity contribution in [3.63, 3.8) is 0 Å². The van der Waals surface area contributed by atoms with E-state index in [1.165, 1.54) is 25.5 Å². The molecule has 0 aliphatic rings. The van der Waals surface area contributed by atoms with Crippen LogP contribution in [0.25, 0.3) is 0 Å². The van der Waals surface area contributed by atoms with E-state index in [0.29, 0.717) is 16.8 Å². The molecule has 0 fully saturated rings. The lowest BCUT2D eigenvalue weighted by Crippen LogP contribution is -2.10. The zero-order chi connectivity index (χ0) is 14.0. The van der Waals surface area contributed by atoms with Crippen LogP contribution in [-0.2, 0) is 23.2 Å². The highest BCUT2D eigenvalue weighted by Crippen LogP contribution is 2.23. The number of esters is 1. The Hall–Kier alpha value is -2.11. The Morgan fingerprint density at radius 2 is 1.83 bits per heavy atom. The third kappa shape index (κ3) is 2.42. The quantitative estimate of drug-likeness (QED) is 0.645. The van der Waals surface area contributed by atoms with Gasteiger partial charge in [0.15, 0.2) is 5.78 Å². The molecular weight excluding hydrogens is 238 g/mol. The number of ether oxygens (including phenoxy) is 1. The maximum Gasteiger partial charge on any atom is 0.352 e. The third-order valence-corrected chi connectivity index (χ3v) is 2.73. The van der Waals surface area contributed by atoms with Crippen LogP contribution < -0.4 is 0 Å². The van der Waals surface area contributed by atoms with E-state index in [0.717, 1.165) is 0 Å². The van der Waals surface area contributed by atoms with Crippen molar-refractivity contribution in [1.82, 2.24) is 4.57 Å². The molecular formula is C12H15NO5. The molecule has 1 rings (SSSR count). The molecule has 0 amide bonds. The van der Waals surface area contributed by atoms with Gasteiger partial charge in [0, 0.05) is 19.5 Å². The summed E-state index contributed by atoms with van der Waals surface area (Å²) in [7, 11) is 1.53. The summed E-state index contributed by atoms with van der Waals surface area (Å²) < 4.78 is 6.22. The highest BCUT2D eigenvalue weighted by atomic mass is 16.5. The fraction of sp³-hybridized carbons (Fsp3) is 0.417. The van der Waals surface area contributed by atoms with Crippen LogP contribution in [0.4, 0.5) is 0 Å². The van der Waals surface area contributed by atoms with Gasteiger partial charge in [-0.1, -0.05) is 0 Å². The molecule has 0 aliphatic heterocycles. The molecule has 0 saturated heterocycles. The number of carbonyl (C=O) groups is 3. The van der Waals surface area contributed by atoms with Crippen molar-refractivity contribution < 1.29 is 24.2 Å². The van der Waals surface area contributed by atoms with Crippen LogP contribution in [0.1, 0.15) is 46.0 Å². The second kappa shape index (κ2) is 5.03. The topological polar surface area (TPSA) is 85.6 Å². The average molecular weight is 253 g/mol. The van der Waals surface area contributed by atoms with E-state index in [-0.39, 0.29) is 18.1 Å². The molecule has 0 spiro atoms. The fourth-order valence-corrected chi connectivity index (χ4v) is 2.00. The van der Waals surface area contributed by atoms with Crippen LogP contribution in [0.2, 0.25) is 0 Å². The molecule has 0 aliphatic carbocycles. The van der Waals surface area contributed by atoms with Gasteiger partial charge in [-0.2, -0.15) is 0 Å². The van der Waals surface area contributed by atoms with E-state index in [1.807, 2.05) is 0 Å². The number of carboxylic acids is 1. The molecule has 0 aromatic carbocycles. The standard InChI is InChI=1S/C12H15NO5/c1-6-10(7(2)14)9(5-18-8(3)15)13(4)11(6)12(16)17/h5H2,1-4H3,(H,16,17). The number of hydrogen-bond acceptors (Lipinski definition) is 4. The Morgan fingerprint density at radius 1 is 1.28 bits per heavy atom. The minimum absolute atomic E-state index is 0.0300. The lowest BCUT2D eigenvalue weighted by molar-refractivity contribution is -0.142. The molecule has 6 heteroatoms. The number of Topliss-reactive ketones (excluding diaryl/α,β-unsaturated/α-hetero) is 1. The van der Waals surface area contributed by atoms with Gasteiger partial charge >= 0.3 is 11.9 Å². The van der Waals surface area contributed by atoms with Crippen molar-refractivity contribution in [2.45, 2.75) is 27.4 Å². The smallest absolute Gasteiger partial charge is 0.352 e. The molecule has 1 N–H and O–H groups in total. The van der Waals surface area contributed by atoms with Crippen LogP contribution in [0.15, 0.2) is 0 Å². The zero-order valence-corrected chi connectivity index (χ0v) is 10.7. The molecule has 0 unspecified atom stereocenters. The number of aromatic nitrogens is 1. The normalized spacial score (nSPS) is 10.2. The summed E-state index contributed by atoms with van der Waals surface area (Å²) in [5, 5.41) is 9.10. The van der Waals surface area contributed by atoms with Gasteiger partial charge in [-0.25, -0.2) is 4.79 Å². The average Bonchev–Trinajstić information content (AvgIpc) is 2.46. The largest absolute Gasteiger partial charge is 0.477 e. The number of aromatic carboxylic acids is 1. The Kier molecular flexibility index (Phi) is 3.90. The molecule has 0 saturated carbocycles. The van der Waals surface area contributed by atoms with E-state index in [9.17, 15) is 14.4 Å². The fourth-order valence-electron chi connectivity index (χ4n) is 2.00. The second-order valence-corrected chi connectivity index (χ2v) is 4.00. The molecule has 1 aromatic rings. The lowest BCUT2D eigenvalue weighted by atomic mass is 10.1. The van der Waals surface area contributed by atoms with Crippen LogP contribution >= 0.6 is 0 Å². The lowest BCUT2D eigenvalue weighted by Gasteiger charge is -2.06. The van der Waals surface area contributed by atoms with Crippen LogP contribution in [0.5, 0.6) is 0 Å². The highest BCUT2D eigenvalue weighted by Gasteiger charge is 2.25. The molecule has 98 valence electrons. The van der Waals surface area contributed by atoms with Gasteiger partial charge in [-0.15, -0.1) is 0 Å². The van der Waals surface area contributed by atoms with E-state index in [1.54, 1.807) is 6.92 Å². The van der Waals surface area contributed by atoms with Gasteiger partial charge in [-0.05, 0) is 19.4 Å². The monoisotopic (exact) mass is 253 g/mol. The van der Waals surface area contributed by atoms with Crippen molar-refractivity contribution >= 4 is 17.7 Å². The summed E-state index contributed by atoms with van der Waals surface area (Å²) in [6.07, 6.45) is 0. The summed E-state index contributed by atoms with van der Waals surface area (Å²) in [5.74, 6) is -1.86. The zero-order valence-electron chi connectivity index (χ0n) is 10.7. The number of hydrogen-bond donors (Lipinski definition) is 1. The first kappa shape index (κ1) is 14.0. The van der Waals surface area contributed by atoms with E-state index in [2.05, 4.69) is 0 Å². The summed E-state index contributed by atoms with van der Waals surface area (Å²) in [4.78, 5) is 33.5. The molecule has 6 nitrogen and oxygen atoms in total. The first-order valence-corrected chi connectivity index (χ1v) is 5.33. The van der Waals surface area contributed by atoms with Gasteiger partial charge in [0.2, 0.25) is 0 Å². The number of carbonyl (C=O) groups excluding carboxylic acids is 2. The van der Waals surface area contributed by atoms with Crippen molar-refractivity contribution in [1.29, 1.82) is 0 Å². The second-order valence-electron chi connectivity index (χ2n) is 4.00. The number of carboxylic acid groups (broad SMARTS) is 1. The van der Waals surface area contributed by atoms with Gasteiger partial charge in [0.05, 0.1) is 5.69 Å². The number of nitrogens with zero attached hydrogens (tertiary/aromatic N) is 1. The van der Waals surface area contributed by atoms with Crippen molar-refractivity contribution in [3.05, 3.63) is 22.5 Å². The predicted molar refractivity (Wildman–Crippen MR) is 62.6 cm³/mol. The number of ketones is 1. The van der Waals surface area contributed by atoms with E-state index >= 15 is 0 Å².